The van der Waals surface area contributed by atoms with E-state index in [1.54, 1.807) is 0 Å². The van der Waals surface area contributed by atoms with Crippen molar-refractivity contribution >= 4 is 11.4 Å². The number of nitrogens with two attached hydrogens (primary N) is 1. The summed E-state index contributed by atoms with van der Waals surface area (Å²) in [4.78, 5) is 4.99. The molecule has 0 aromatic heterocycles. The fourth-order valence-electron chi connectivity index (χ4n) is 3.16. The van der Waals surface area contributed by atoms with E-state index in [-0.39, 0.29) is 0 Å². The van der Waals surface area contributed by atoms with Gasteiger partial charge in [-0.3, -0.25) is 0 Å². The normalized spacial score (nSPS) is 29.7. The number of hydrogen-bond donors (Lipinski definition) is 1. The van der Waals surface area contributed by atoms with Crippen LogP contribution in [0.15, 0.2) is 24.3 Å². The van der Waals surface area contributed by atoms with Crippen LogP contribution in [-0.4, -0.2) is 37.6 Å². The fraction of sp³-hybridized carbons (Fsp3) is 0.538. The first-order valence-electron chi connectivity index (χ1n) is 6.05. The molecule has 0 radical (unpaired) electrons. The number of benzene rings is 1. The van der Waals surface area contributed by atoms with Crippen LogP contribution in [-0.2, 0) is 0 Å². The molecule has 2 aliphatic heterocycles. The van der Waals surface area contributed by atoms with Gasteiger partial charge in [0.05, 0.1) is 0 Å². The van der Waals surface area contributed by atoms with Crippen molar-refractivity contribution in [2.45, 2.75) is 12.5 Å². The quantitative estimate of drug-likeness (QED) is 0.722. The molecule has 0 amide bonds. The van der Waals surface area contributed by atoms with Crippen molar-refractivity contribution in [3.8, 4) is 0 Å². The number of hydrogen-bond acceptors (Lipinski definition) is 3. The van der Waals surface area contributed by atoms with E-state index in [0.29, 0.717) is 6.04 Å². The predicted octanol–water partition coefficient (Wildman–Crippen LogP) is 1.41. The number of nitrogens with zero attached hydrogens (tertiary/aromatic N) is 2. The third-order valence-electron chi connectivity index (χ3n) is 3.95. The number of rotatable bonds is 1. The van der Waals surface area contributed by atoms with Gasteiger partial charge in [0.15, 0.2) is 0 Å². The first-order chi connectivity index (χ1) is 7.74. The van der Waals surface area contributed by atoms with Gasteiger partial charge in [0.1, 0.15) is 0 Å². The molecule has 2 aliphatic rings. The monoisotopic (exact) mass is 217 g/mol. The summed E-state index contributed by atoms with van der Waals surface area (Å²) >= 11 is 0. The van der Waals surface area contributed by atoms with Crippen molar-refractivity contribution in [2.24, 2.45) is 5.92 Å². The van der Waals surface area contributed by atoms with Gasteiger partial charge < -0.3 is 15.5 Å². The second-order valence-electron chi connectivity index (χ2n) is 5.12. The van der Waals surface area contributed by atoms with Gasteiger partial charge in [0, 0.05) is 37.1 Å². The van der Waals surface area contributed by atoms with Crippen LogP contribution >= 0.6 is 0 Å². The molecule has 2 fully saturated rings. The van der Waals surface area contributed by atoms with Crippen molar-refractivity contribution in [2.75, 3.05) is 37.3 Å². The zero-order valence-corrected chi connectivity index (χ0v) is 9.76. The van der Waals surface area contributed by atoms with Crippen LogP contribution in [0.25, 0.3) is 0 Å². The first-order valence-corrected chi connectivity index (χ1v) is 6.05. The number of likely N-dealkylation sites (tertiary alicyclic amines) is 1. The Morgan fingerprint density at radius 3 is 2.69 bits per heavy atom. The molecule has 1 aromatic carbocycles. The van der Waals surface area contributed by atoms with Crippen LogP contribution in [0.1, 0.15) is 6.42 Å². The Kier molecular flexibility index (Phi) is 2.28. The Morgan fingerprint density at radius 2 is 1.94 bits per heavy atom. The Morgan fingerprint density at radius 1 is 1.19 bits per heavy atom. The number of likely N-dealkylation sites (N-methyl/N-ethyl adjacent to an activating group) is 1. The van der Waals surface area contributed by atoms with Crippen LogP contribution in [0.3, 0.4) is 0 Å². The van der Waals surface area contributed by atoms with E-state index in [0.717, 1.165) is 11.6 Å². The lowest BCUT2D eigenvalue weighted by atomic mass is 10.1. The lowest BCUT2D eigenvalue weighted by Crippen LogP contribution is -2.34. The topological polar surface area (TPSA) is 32.5 Å². The largest absolute Gasteiger partial charge is 0.399 e. The molecule has 1 aromatic rings. The van der Waals surface area contributed by atoms with Gasteiger partial charge in [-0.1, -0.05) is 0 Å². The summed E-state index contributed by atoms with van der Waals surface area (Å²) in [5.74, 6) is 0.863. The second kappa shape index (κ2) is 3.67. The molecule has 0 unspecified atom stereocenters. The van der Waals surface area contributed by atoms with Gasteiger partial charge in [-0.15, -0.1) is 0 Å². The molecule has 2 N–H and O–H groups in total. The molecule has 3 heteroatoms. The van der Waals surface area contributed by atoms with Crippen molar-refractivity contribution in [3.63, 3.8) is 0 Å². The summed E-state index contributed by atoms with van der Waals surface area (Å²) < 4.78 is 0. The van der Waals surface area contributed by atoms with Crippen molar-refractivity contribution in [1.29, 1.82) is 0 Å². The van der Waals surface area contributed by atoms with Crippen LogP contribution < -0.4 is 10.6 Å². The van der Waals surface area contributed by atoms with E-state index in [4.69, 9.17) is 5.73 Å². The molecular weight excluding hydrogens is 198 g/mol. The summed E-state index contributed by atoms with van der Waals surface area (Å²) in [6, 6.07) is 9.02. The Bertz CT molecular complexity index is 373. The van der Waals surface area contributed by atoms with Gasteiger partial charge >= 0.3 is 0 Å². The first kappa shape index (κ1) is 9.97. The van der Waals surface area contributed by atoms with Crippen LogP contribution in [0, 0.1) is 5.92 Å². The SMILES string of the molecule is CN1C[C@@H]2CCN(c3ccc(N)cc3)[C@H]2C1. The Balaban J connectivity index is 1.83. The van der Waals surface area contributed by atoms with E-state index in [1.807, 2.05) is 12.1 Å². The van der Waals surface area contributed by atoms with Gasteiger partial charge in [0.25, 0.3) is 0 Å². The molecule has 0 spiro atoms. The molecule has 0 aliphatic carbocycles. The average Bonchev–Trinajstić information content (AvgIpc) is 2.78. The number of fused-ring (bicyclic) bond motifs is 1. The zero-order chi connectivity index (χ0) is 11.1. The predicted molar refractivity (Wildman–Crippen MR) is 67.6 cm³/mol. The summed E-state index contributed by atoms with van der Waals surface area (Å²) in [6.45, 7) is 3.66. The van der Waals surface area contributed by atoms with E-state index < -0.39 is 0 Å². The number of nitrogen functional groups attached to an aromatic ring is 1. The fourth-order valence-corrected chi connectivity index (χ4v) is 3.16. The van der Waals surface area contributed by atoms with E-state index >= 15 is 0 Å². The highest BCUT2D eigenvalue weighted by atomic mass is 15.3. The van der Waals surface area contributed by atoms with E-state index in [9.17, 15) is 0 Å². The summed E-state index contributed by atoms with van der Waals surface area (Å²) in [5.41, 5.74) is 7.91. The maximum absolute atomic E-state index is 5.73. The highest BCUT2D eigenvalue weighted by Crippen LogP contribution is 2.34. The molecule has 16 heavy (non-hydrogen) atoms. The lowest BCUT2D eigenvalue weighted by Gasteiger charge is -2.26. The van der Waals surface area contributed by atoms with E-state index in [2.05, 4.69) is 29.0 Å². The van der Waals surface area contributed by atoms with Crippen molar-refractivity contribution in [1.82, 2.24) is 4.90 Å². The summed E-state index contributed by atoms with van der Waals surface area (Å²) in [6.07, 6.45) is 1.33. The minimum absolute atomic E-state index is 0.716. The van der Waals surface area contributed by atoms with Gasteiger partial charge in [-0.05, 0) is 43.7 Å². The molecule has 0 saturated carbocycles. The molecule has 3 rings (SSSR count). The second-order valence-corrected chi connectivity index (χ2v) is 5.12. The third-order valence-corrected chi connectivity index (χ3v) is 3.95. The molecule has 0 bridgehead atoms. The molecule has 2 heterocycles. The molecule has 2 saturated heterocycles. The van der Waals surface area contributed by atoms with Gasteiger partial charge in [-0.2, -0.15) is 0 Å². The molecule has 3 nitrogen and oxygen atoms in total. The van der Waals surface area contributed by atoms with Crippen molar-refractivity contribution in [3.05, 3.63) is 24.3 Å². The standard InChI is InChI=1S/C13H19N3/c1-15-8-10-6-7-16(13(10)9-15)12-4-2-11(14)3-5-12/h2-5,10,13H,6-9,14H2,1H3/t10-,13-/m0/s1. The smallest absolute Gasteiger partial charge is 0.0457 e. The molecule has 86 valence electrons. The van der Waals surface area contributed by atoms with Gasteiger partial charge in [-0.25, -0.2) is 0 Å². The van der Waals surface area contributed by atoms with Crippen LogP contribution in [0.4, 0.5) is 11.4 Å². The molecule has 2 atom stereocenters. The molecular formula is C13H19N3. The van der Waals surface area contributed by atoms with Gasteiger partial charge in [0.2, 0.25) is 0 Å². The minimum Gasteiger partial charge on any atom is -0.399 e. The van der Waals surface area contributed by atoms with Crippen LogP contribution in [0.2, 0.25) is 0 Å². The maximum atomic E-state index is 5.73. The summed E-state index contributed by atoms with van der Waals surface area (Å²) in [7, 11) is 2.22. The average molecular weight is 217 g/mol. The van der Waals surface area contributed by atoms with E-state index in [1.165, 1.54) is 31.7 Å². The van der Waals surface area contributed by atoms with Crippen LogP contribution in [0.5, 0.6) is 0 Å². The Labute approximate surface area is 96.8 Å². The lowest BCUT2D eigenvalue weighted by molar-refractivity contribution is 0.386. The maximum Gasteiger partial charge on any atom is 0.0457 e. The Hall–Kier alpha value is -1.22. The third kappa shape index (κ3) is 1.55. The minimum atomic E-state index is 0.716. The highest BCUT2D eigenvalue weighted by molar-refractivity contribution is 5.54. The zero-order valence-electron chi connectivity index (χ0n) is 9.76. The number of anilines is 2. The summed E-state index contributed by atoms with van der Waals surface area (Å²) in [5, 5.41) is 0. The van der Waals surface area contributed by atoms with Crippen molar-refractivity contribution < 1.29 is 0 Å². The highest BCUT2D eigenvalue weighted by Gasteiger charge is 2.39.